The number of imidazole rings is 1. The number of carbonyl (C=O) groups is 1. The first-order chi connectivity index (χ1) is 21.7. The van der Waals surface area contributed by atoms with Crippen molar-refractivity contribution in [3.8, 4) is 0 Å². The average Bonchev–Trinajstić information content (AvgIpc) is 3.43. The Balaban J connectivity index is 1.30. The highest BCUT2D eigenvalue weighted by atomic mass is 35.5. The van der Waals surface area contributed by atoms with Crippen LogP contribution in [0.2, 0.25) is 5.02 Å². The molecule has 1 aliphatic rings. The largest absolute Gasteiger partial charge is 0.418 e. The van der Waals surface area contributed by atoms with E-state index in [-0.39, 0.29) is 40.3 Å². The maximum Gasteiger partial charge on any atom is 0.418 e. The minimum absolute atomic E-state index is 0.0389. The highest BCUT2D eigenvalue weighted by Gasteiger charge is 2.36. The molecule has 2 aromatic heterocycles. The summed E-state index contributed by atoms with van der Waals surface area (Å²) in [5, 5.41) is 7.73. The molecule has 244 valence electrons. The van der Waals surface area contributed by atoms with E-state index >= 15 is 0 Å². The number of benzene rings is 2. The van der Waals surface area contributed by atoms with Crippen LogP contribution in [-0.2, 0) is 18.9 Å². The van der Waals surface area contributed by atoms with Gasteiger partial charge < -0.3 is 25.8 Å². The smallest absolute Gasteiger partial charge is 0.355 e. The van der Waals surface area contributed by atoms with Gasteiger partial charge in [-0.1, -0.05) is 23.7 Å². The van der Waals surface area contributed by atoms with E-state index in [0.29, 0.717) is 24.5 Å². The maximum atomic E-state index is 14.1. The molecule has 1 saturated heterocycles. The number of nitrogens with zero attached hydrogens (tertiary/aromatic N) is 4. The number of hydrogen-bond donors (Lipinski definition) is 4. The summed E-state index contributed by atoms with van der Waals surface area (Å²) in [6, 6.07) is 10.4. The lowest BCUT2D eigenvalue weighted by Crippen LogP contribution is -2.44. The third kappa shape index (κ3) is 8.08. The van der Waals surface area contributed by atoms with Crippen LogP contribution in [0.4, 0.5) is 55.2 Å². The second-order valence-electron chi connectivity index (χ2n) is 10.8. The summed E-state index contributed by atoms with van der Waals surface area (Å²) >= 11 is 5.92. The zero-order valence-electron chi connectivity index (χ0n) is 24.6. The number of aromatic nitrogens is 3. The highest BCUT2D eigenvalue weighted by Crippen LogP contribution is 2.39. The molecule has 5 rings (SSSR count). The van der Waals surface area contributed by atoms with Gasteiger partial charge in [0.1, 0.15) is 11.5 Å². The van der Waals surface area contributed by atoms with Crippen molar-refractivity contribution in [2.24, 2.45) is 0 Å². The molecule has 0 spiro atoms. The molecule has 0 saturated carbocycles. The number of para-hydroxylation sites is 1. The predicted molar refractivity (Wildman–Crippen MR) is 163 cm³/mol. The minimum atomic E-state index is -4.75. The summed E-state index contributed by atoms with van der Waals surface area (Å²) in [6.45, 7) is 4.81. The lowest BCUT2D eigenvalue weighted by atomic mass is 10.0. The van der Waals surface area contributed by atoms with Gasteiger partial charge in [-0.25, -0.2) is 9.97 Å². The van der Waals surface area contributed by atoms with E-state index in [1.807, 2.05) is 11.9 Å². The van der Waals surface area contributed by atoms with Crippen molar-refractivity contribution >= 4 is 46.3 Å². The standard InChI is InChI=1S/C30H29ClF6N8O/c1-17-12-20(40-19-7-6-18(22(13-19)30(35,36)37)16-45-10-8-44(2)9-11-45)14-25(39-17)42-28-38-15-24(41-28)27(46)43-26-21(29(32,33)34)4-3-5-23(26)31/h3-7,12-15H,8-11,16H2,1-2H3,(H,43,46)(H3,38,39,40,41,42). The van der Waals surface area contributed by atoms with Crippen molar-refractivity contribution < 1.29 is 31.1 Å². The molecule has 0 atom stereocenters. The molecule has 4 N–H and O–H groups in total. The minimum Gasteiger partial charge on any atom is -0.355 e. The number of piperazine rings is 1. The number of pyridine rings is 1. The van der Waals surface area contributed by atoms with E-state index in [1.165, 1.54) is 18.2 Å². The monoisotopic (exact) mass is 666 g/mol. The fourth-order valence-electron chi connectivity index (χ4n) is 4.96. The molecule has 46 heavy (non-hydrogen) atoms. The van der Waals surface area contributed by atoms with Crippen LogP contribution in [0.5, 0.6) is 0 Å². The van der Waals surface area contributed by atoms with Crippen LogP contribution in [0.3, 0.4) is 0 Å². The number of aromatic amines is 1. The van der Waals surface area contributed by atoms with E-state index in [0.717, 1.165) is 37.5 Å². The van der Waals surface area contributed by atoms with E-state index in [1.54, 1.807) is 19.1 Å². The van der Waals surface area contributed by atoms with Gasteiger partial charge in [-0.05, 0) is 49.9 Å². The van der Waals surface area contributed by atoms with E-state index in [9.17, 15) is 31.1 Å². The molecule has 16 heteroatoms. The summed E-state index contributed by atoms with van der Waals surface area (Å²) in [4.78, 5) is 27.9. The SMILES string of the molecule is Cc1cc(Nc2ccc(CN3CCN(C)CC3)c(C(F)(F)F)c2)cc(Nc2ncc(C(=O)Nc3c(Cl)cccc3C(F)(F)F)[nH]2)n1. The number of amides is 1. The first-order valence-corrected chi connectivity index (χ1v) is 14.4. The number of hydrogen-bond acceptors (Lipinski definition) is 7. The summed E-state index contributed by atoms with van der Waals surface area (Å²) in [5.74, 6) is -0.649. The van der Waals surface area contributed by atoms with E-state index in [2.05, 4.69) is 35.8 Å². The summed E-state index contributed by atoms with van der Waals surface area (Å²) in [5.41, 5.74) is -1.24. The number of rotatable bonds is 8. The summed E-state index contributed by atoms with van der Waals surface area (Å²) in [6.07, 6.45) is -8.19. The number of anilines is 5. The normalized spacial score (nSPS) is 14.7. The zero-order valence-corrected chi connectivity index (χ0v) is 25.3. The molecular weight excluding hydrogens is 638 g/mol. The number of nitrogens with one attached hydrogen (secondary N) is 4. The van der Waals surface area contributed by atoms with Crippen LogP contribution in [0.25, 0.3) is 0 Å². The molecule has 0 unspecified atom stereocenters. The fourth-order valence-corrected chi connectivity index (χ4v) is 5.19. The Bertz CT molecular complexity index is 1720. The number of alkyl halides is 6. The Morgan fingerprint density at radius 3 is 2.35 bits per heavy atom. The second kappa shape index (κ2) is 13.2. The fraction of sp³-hybridized carbons (Fsp3) is 0.300. The first-order valence-electron chi connectivity index (χ1n) is 14.0. The van der Waals surface area contributed by atoms with Crippen molar-refractivity contribution in [2.75, 3.05) is 49.2 Å². The third-order valence-corrected chi connectivity index (χ3v) is 7.59. The van der Waals surface area contributed by atoms with Gasteiger partial charge in [0.25, 0.3) is 5.91 Å². The van der Waals surface area contributed by atoms with Crippen LogP contribution < -0.4 is 16.0 Å². The lowest BCUT2D eigenvalue weighted by Gasteiger charge is -2.33. The Kier molecular flexibility index (Phi) is 9.47. The summed E-state index contributed by atoms with van der Waals surface area (Å²) < 4.78 is 82.4. The molecule has 1 fully saturated rings. The van der Waals surface area contributed by atoms with Crippen molar-refractivity contribution in [3.05, 3.63) is 87.8 Å². The molecular formula is C30H29ClF6N8O. The average molecular weight is 667 g/mol. The second-order valence-corrected chi connectivity index (χ2v) is 11.2. The van der Waals surface area contributed by atoms with Gasteiger partial charge in [-0.3, -0.25) is 9.69 Å². The van der Waals surface area contributed by atoms with Gasteiger partial charge in [0.2, 0.25) is 5.95 Å². The lowest BCUT2D eigenvalue weighted by molar-refractivity contribution is -0.138. The quantitative estimate of drug-likeness (QED) is 0.147. The van der Waals surface area contributed by atoms with Crippen molar-refractivity contribution in [2.45, 2.75) is 25.8 Å². The van der Waals surface area contributed by atoms with Crippen molar-refractivity contribution in [1.82, 2.24) is 24.8 Å². The van der Waals surface area contributed by atoms with Gasteiger partial charge in [-0.15, -0.1) is 0 Å². The zero-order chi connectivity index (χ0) is 33.2. The number of halogens is 7. The Morgan fingerprint density at radius 2 is 1.65 bits per heavy atom. The predicted octanol–water partition coefficient (Wildman–Crippen LogP) is 7.29. The number of aryl methyl sites for hydroxylation is 1. The molecule has 1 amide bonds. The number of likely N-dealkylation sites (N-methyl/N-ethyl adjacent to an activating group) is 1. The number of carbonyl (C=O) groups excluding carboxylic acids is 1. The van der Waals surface area contributed by atoms with Crippen LogP contribution >= 0.6 is 11.6 Å². The van der Waals surface area contributed by atoms with Crippen LogP contribution in [-0.4, -0.2) is 63.9 Å². The van der Waals surface area contributed by atoms with Gasteiger partial charge in [0.15, 0.2) is 0 Å². The molecule has 9 nitrogen and oxygen atoms in total. The third-order valence-electron chi connectivity index (χ3n) is 7.27. The highest BCUT2D eigenvalue weighted by molar-refractivity contribution is 6.34. The molecule has 3 heterocycles. The van der Waals surface area contributed by atoms with Crippen LogP contribution in [0.15, 0.2) is 54.7 Å². The molecule has 2 aromatic carbocycles. The molecule has 0 aliphatic carbocycles. The van der Waals surface area contributed by atoms with Crippen LogP contribution in [0, 0.1) is 6.92 Å². The maximum absolute atomic E-state index is 14.1. The Morgan fingerprint density at radius 1 is 0.935 bits per heavy atom. The molecule has 1 aliphatic heterocycles. The van der Waals surface area contributed by atoms with Gasteiger partial charge in [0, 0.05) is 55.9 Å². The van der Waals surface area contributed by atoms with Crippen molar-refractivity contribution in [1.29, 1.82) is 0 Å². The van der Waals surface area contributed by atoms with Crippen LogP contribution in [0.1, 0.15) is 32.9 Å². The topological polar surface area (TPSA) is 101 Å². The van der Waals surface area contributed by atoms with Gasteiger partial charge in [-0.2, -0.15) is 26.3 Å². The molecule has 0 bridgehead atoms. The summed E-state index contributed by atoms with van der Waals surface area (Å²) in [7, 11) is 1.98. The Hall–Kier alpha value is -4.34. The van der Waals surface area contributed by atoms with E-state index < -0.39 is 35.1 Å². The van der Waals surface area contributed by atoms with Gasteiger partial charge >= 0.3 is 12.4 Å². The first kappa shape index (κ1) is 33.0. The molecule has 0 radical (unpaired) electrons. The molecule has 4 aromatic rings. The van der Waals surface area contributed by atoms with E-state index in [4.69, 9.17) is 11.6 Å². The van der Waals surface area contributed by atoms with Gasteiger partial charge in [0.05, 0.1) is 28.0 Å². The number of H-pyrrole nitrogens is 1. The van der Waals surface area contributed by atoms with Crippen molar-refractivity contribution in [3.63, 3.8) is 0 Å². The Labute approximate surface area is 265 Å².